The van der Waals surface area contributed by atoms with E-state index in [0.29, 0.717) is 11.6 Å². The molecule has 0 aliphatic carbocycles. The van der Waals surface area contributed by atoms with E-state index in [1.807, 2.05) is 0 Å². The van der Waals surface area contributed by atoms with Crippen molar-refractivity contribution in [3.05, 3.63) is 55.3 Å². The highest BCUT2D eigenvalue weighted by atomic mass is 127. The van der Waals surface area contributed by atoms with Gasteiger partial charge in [0.1, 0.15) is 17.6 Å². The second-order valence-electron chi connectivity index (χ2n) is 3.73. The number of hydrogen-bond donors (Lipinski definition) is 0. The van der Waals surface area contributed by atoms with Crippen molar-refractivity contribution in [1.29, 1.82) is 5.26 Å². The second kappa shape index (κ2) is 5.75. The molecule has 0 saturated carbocycles. The molecule has 0 amide bonds. The molecule has 96 valence electrons. The Morgan fingerprint density at radius 1 is 1.37 bits per heavy atom. The number of ketones is 1. The molecule has 1 aromatic heterocycles. The van der Waals surface area contributed by atoms with E-state index in [4.69, 9.17) is 5.26 Å². The molecule has 1 heterocycles. The Balaban J connectivity index is 2.40. The van der Waals surface area contributed by atoms with Crippen LogP contribution in [0.5, 0.6) is 0 Å². The summed E-state index contributed by atoms with van der Waals surface area (Å²) >= 11 is 3.42. The Labute approximate surface area is 125 Å². The second-order valence-corrected chi connectivity index (χ2v) is 6.54. The predicted octanol–water partition coefficient (Wildman–Crippen LogP) is 4.12. The summed E-state index contributed by atoms with van der Waals surface area (Å²) in [5.41, 5.74) is 0.264. The molecule has 1 unspecified atom stereocenters. The van der Waals surface area contributed by atoms with E-state index in [9.17, 15) is 13.6 Å². The van der Waals surface area contributed by atoms with Gasteiger partial charge in [-0.3, -0.25) is 4.79 Å². The number of halogens is 3. The lowest BCUT2D eigenvalue weighted by atomic mass is 9.92. The fourth-order valence-electron chi connectivity index (χ4n) is 1.61. The maximum absolute atomic E-state index is 13.6. The van der Waals surface area contributed by atoms with Crippen LogP contribution in [0.15, 0.2) is 29.6 Å². The number of hydrogen-bond acceptors (Lipinski definition) is 3. The maximum Gasteiger partial charge on any atom is 0.185 e. The van der Waals surface area contributed by atoms with Crippen LogP contribution in [-0.4, -0.2) is 5.78 Å². The van der Waals surface area contributed by atoms with Crippen LogP contribution in [0.25, 0.3) is 0 Å². The molecule has 0 bridgehead atoms. The molecule has 2 rings (SSSR count). The minimum absolute atomic E-state index is 0.102. The van der Waals surface area contributed by atoms with Gasteiger partial charge in [-0.15, -0.1) is 11.3 Å². The Morgan fingerprint density at radius 2 is 2.11 bits per heavy atom. The monoisotopic (exact) mass is 389 g/mol. The Hall–Kier alpha value is -1.33. The predicted molar refractivity (Wildman–Crippen MR) is 76.1 cm³/mol. The lowest BCUT2D eigenvalue weighted by Crippen LogP contribution is -2.12. The van der Waals surface area contributed by atoms with Crippen LogP contribution in [0.3, 0.4) is 0 Å². The van der Waals surface area contributed by atoms with E-state index in [-0.39, 0.29) is 5.56 Å². The molecule has 0 fully saturated rings. The standard InChI is InChI=1S/C13H6F2INOS/c14-8-1-2-9(11(15)4-8)10(5-17)13(18)7-3-12(16)19-6-7/h1-4,6,10H. The summed E-state index contributed by atoms with van der Waals surface area (Å²) < 4.78 is 27.4. The molecule has 0 saturated heterocycles. The molecule has 0 aliphatic rings. The first-order valence-corrected chi connectivity index (χ1v) is 7.11. The quantitative estimate of drug-likeness (QED) is 0.586. The fourth-order valence-corrected chi connectivity index (χ4v) is 2.95. The smallest absolute Gasteiger partial charge is 0.185 e. The van der Waals surface area contributed by atoms with Gasteiger partial charge in [-0.25, -0.2) is 8.78 Å². The highest BCUT2D eigenvalue weighted by molar-refractivity contribution is 14.1. The number of rotatable bonds is 3. The van der Waals surface area contributed by atoms with E-state index in [0.717, 1.165) is 15.0 Å². The summed E-state index contributed by atoms with van der Waals surface area (Å²) in [6.45, 7) is 0. The van der Waals surface area contributed by atoms with E-state index in [1.54, 1.807) is 17.5 Å². The Morgan fingerprint density at radius 3 is 2.63 bits per heavy atom. The van der Waals surface area contributed by atoms with Crippen molar-refractivity contribution >= 4 is 39.7 Å². The number of thiophene rings is 1. The zero-order chi connectivity index (χ0) is 14.0. The zero-order valence-corrected chi connectivity index (χ0v) is 12.3. The molecule has 2 nitrogen and oxygen atoms in total. The van der Waals surface area contributed by atoms with Crippen LogP contribution < -0.4 is 0 Å². The molecule has 6 heteroatoms. The molecule has 0 radical (unpaired) electrons. The molecule has 1 atom stereocenters. The molecule has 1 aromatic carbocycles. The SMILES string of the molecule is N#CC(C(=O)c1csc(I)c1)c1ccc(F)cc1F. The molecule has 0 spiro atoms. The molecular weight excluding hydrogens is 383 g/mol. The number of nitrogens with zero attached hydrogens (tertiary/aromatic N) is 1. The third-order valence-electron chi connectivity index (χ3n) is 2.52. The van der Waals surface area contributed by atoms with Crippen LogP contribution in [0.1, 0.15) is 21.8 Å². The van der Waals surface area contributed by atoms with Gasteiger partial charge in [0.15, 0.2) is 5.78 Å². The van der Waals surface area contributed by atoms with Gasteiger partial charge in [0, 0.05) is 22.6 Å². The highest BCUT2D eigenvalue weighted by Gasteiger charge is 2.25. The molecule has 2 aromatic rings. The normalized spacial score (nSPS) is 11.9. The number of carbonyl (C=O) groups is 1. The number of carbonyl (C=O) groups excluding carboxylic acids is 1. The van der Waals surface area contributed by atoms with E-state index in [2.05, 4.69) is 22.6 Å². The van der Waals surface area contributed by atoms with Gasteiger partial charge in [0.25, 0.3) is 0 Å². The topological polar surface area (TPSA) is 40.9 Å². The molecular formula is C13H6F2INOS. The first-order valence-electron chi connectivity index (χ1n) is 5.15. The van der Waals surface area contributed by atoms with Crippen molar-refractivity contribution in [3.8, 4) is 6.07 Å². The van der Waals surface area contributed by atoms with Gasteiger partial charge in [-0.1, -0.05) is 6.07 Å². The zero-order valence-electron chi connectivity index (χ0n) is 9.36. The molecule has 19 heavy (non-hydrogen) atoms. The fraction of sp³-hybridized carbons (Fsp3) is 0.0769. The van der Waals surface area contributed by atoms with Crippen LogP contribution in [0.2, 0.25) is 0 Å². The lowest BCUT2D eigenvalue weighted by molar-refractivity contribution is 0.0978. The number of nitriles is 1. The van der Waals surface area contributed by atoms with Crippen LogP contribution >= 0.6 is 33.9 Å². The minimum atomic E-state index is -1.26. The Bertz CT molecular complexity index is 678. The van der Waals surface area contributed by atoms with E-state index in [1.165, 1.54) is 11.3 Å². The van der Waals surface area contributed by atoms with Crippen molar-refractivity contribution in [2.45, 2.75) is 5.92 Å². The van der Waals surface area contributed by atoms with Gasteiger partial charge in [0.05, 0.1) is 8.95 Å². The average molecular weight is 389 g/mol. The van der Waals surface area contributed by atoms with Crippen LogP contribution in [0, 0.1) is 25.8 Å². The molecule has 0 aliphatic heterocycles. The first kappa shape index (κ1) is 14.1. The maximum atomic E-state index is 13.6. The van der Waals surface area contributed by atoms with Crippen molar-refractivity contribution in [1.82, 2.24) is 0 Å². The third kappa shape index (κ3) is 2.98. The number of Topliss-reactive ketones (excluding diaryl/α,β-unsaturated/α-hetero) is 1. The summed E-state index contributed by atoms with van der Waals surface area (Å²) in [7, 11) is 0. The minimum Gasteiger partial charge on any atom is -0.292 e. The summed E-state index contributed by atoms with van der Waals surface area (Å²) in [6.07, 6.45) is 0. The molecule has 0 N–H and O–H groups in total. The van der Waals surface area contributed by atoms with Gasteiger partial charge in [-0.05, 0) is 34.7 Å². The van der Waals surface area contributed by atoms with Crippen molar-refractivity contribution < 1.29 is 13.6 Å². The van der Waals surface area contributed by atoms with Gasteiger partial charge < -0.3 is 0 Å². The average Bonchev–Trinajstić information content (AvgIpc) is 2.79. The van der Waals surface area contributed by atoms with Gasteiger partial charge in [0.2, 0.25) is 0 Å². The van der Waals surface area contributed by atoms with E-state index < -0.39 is 23.3 Å². The van der Waals surface area contributed by atoms with Crippen LogP contribution in [0.4, 0.5) is 8.78 Å². The van der Waals surface area contributed by atoms with E-state index >= 15 is 0 Å². The third-order valence-corrected chi connectivity index (χ3v) is 4.31. The van der Waals surface area contributed by atoms with Crippen molar-refractivity contribution in [2.75, 3.05) is 0 Å². The largest absolute Gasteiger partial charge is 0.292 e. The first-order chi connectivity index (χ1) is 9.02. The Kier molecular flexibility index (Phi) is 4.27. The lowest BCUT2D eigenvalue weighted by Gasteiger charge is -2.08. The summed E-state index contributed by atoms with van der Waals surface area (Å²) in [5, 5.41) is 10.7. The van der Waals surface area contributed by atoms with Gasteiger partial charge >= 0.3 is 0 Å². The summed E-state index contributed by atoms with van der Waals surface area (Å²) in [6, 6.07) is 6.25. The van der Waals surface area contributed by atoms with Crippen molar-refractivity contribution in [3.63, 3.8) is 0 Å². The van der Waals surface area contributed by atoms with Gasteiger partial charge in [-0.2, -0.15) is 5.26 Å². The van der Waals surface area contributed by atoms with Crippen LogP contribution in [-0.2, 0) is 0 Å². The van der Waals surface area contributed by atoms with Crippen molar-refractivity contribution in [2.24, 2.45) is 0 Å². The summed E-state index contributed by atoms with van der Waals surface area (Å²) in [4.78, 5) is 12.1. The summed E-state index contributed by atoms with van der Waals surface area (Å²) in [5.74, 6) is -3.36. The number of benzene rings is 1. The highest BCUT2D eigenvalue weighted by Crippen LogP contribution is 2.26.